The molecule has 0 bridgehead atoms. The molecule has 2 rings (SSSR count). The highest BCUT2D eigenvalue weighted by Gasteiger charge is 2.05. The second-order valence-corrected chi connectivity index (χ2v) is 4.89. The predicted octanol–water partition coefficient (Wildman–Crippen LogP) is 2.73. The summed E-state index contributed by atoms with van der Waals surface area (Å²) in [6.45, 7) is 5.73. The molecule has 0 radical (unpaired) electrons. The van der Waals surface area contributed by atoms with Gasteiger partial charge in [-0.1, -0.05) is 12.1 Å². The fourth-order valence-corrected chi connectivity index (χ4v) is 1.84. The van der Waals surface area contributed by atoms with Crippen LogP contribution in [0.25, 0.3) is 0 Å². The third kappa shape index (κ3) is 4.72. The Morgan fingerprint density at radius 3 is 2.52 bits per heavy atom. The molecule has 1 aromatic heterocycles. The van der Waals surface area contributed by atoms with Crippen molar-refractivity contribution in [2.45, 2.75) is 20.4 Å². The average Bonchev–Trinajstić information content (AvgIpc) is 2.48. The highest BCUT2D eigenvalue weighted by atomic mass is 16.5. The average molecular weight is 287 g/mol. The maximum absolute atomic E-state index is 5.76. The van der Waals surface area contributed by atoms with Crippen molar-refractivity contribution in [3.05, 3.63) is 47.3 Å². The van der Waals surface area contributed by atoms with Crippen LogP contribution in [0.2, 0.25) is 0 Å². The van der Waals surface area contributed by atoms with Crippen molar-refractivity contribution in [1.29, 1.82) is 0 Å². The van der Waals surface area contributed by atoms with E-state index in [2.05, 4.69) is 27.4 Å². The van der Waals surface area contributed by atoms with E-state index in [9.17, 15) is 0 Å². The van der Waals surface area contributed by atoms with Crippen LogP contribution < -0.4 is 10.1 Å². The van der Waals surface area contributed by atoms with Crippen LogP contribution in [-0.2, 0) is 11.3 Å². The van der Waals surface area contributed by atoms with Gasteiger partial charge in [0, 0.05) is 31.6 Å². The molecular formula is C16H21N3O2. The van der Waals surface area contributed by atoms with Gasteiger partial charge < -0.3 is 14.8 Å². The Bertz CT molecular complexity index is 570. The number of ether oxygens (including phenoxy) is 2. The van der Waals surface area contributed by atoms with Crippen molar-refractivity contribution in [3.63, 3.8) is 0 Å². The molecule has 2 aromatic rings. The minimum Gasteiger partial charge on any atom is -0.491 e. The molecule has 5 nitrogen and oxygen atoms in total. The summed E-state index contributed by atoms with van der Waals surface area (Å²) in [5, 5.41) is 3.20. The van der Waals surface area contributed by atoms with Crippen LogP contribution in [-0.4, -0.2) is 30.3 Å². The van der Waals surface area contributed by atoms with Crippen LogP contribution in [0.1, 0.15) is 16.7 Å². The van der Waals surface area contributed by atoms with Crippen LogP contribution in [0.4, 0.5) is 5.95 Å². The first-order valence-electron chi connectivity index (χ1n) is 6.93. The Kier molecular flexibility index (Phi) is 5.51. The van der Waals surface area contributed by atoms with Gasteiger partial charge in [-0.3, -0.25) is 0 Å². The summed E-state index contributed by atoms with van der Waals surface area (Å²) in [6, 6.07) is 6.15. The van der Waals surface area contributed by atoms with E-state index in [-0.39, 0.29) is 0 Å². The number of anilines is 1. The molecule has 0 saturated carbocycles. The SMILES string of the molecule is COCCOc1cc(C)ccc1CNc1ncc(C)cn1. The summed E-state index contributed by atoms with van der Waals surface area (Å²) in [6.07, 6.45) is 3.58. The van der Waals surface area contributed by atoms with Gasteiger partial charge in [0.2, 0.25) is 5.95 Å². The number of rotatable bonds is 7. The Balaban J connectivity index is 2.02. The first-order valence-corrected chi connectivity index (χ1v) is 6.93. The van der Waals surface area contributed by atoms with E-state index in [0.717, 1.165) is 22.4 Å². The van der Waals surface area contributed by atoms with Crippen LogP contribution in [0, 0.1) is 13.8 Å². The van der Waals surface area contributed by atoms with Gasteiger partial charge >= 0.3 is 0 Å². The van der Waals surface area contributed by atoms with Gasteiger partial charge in [-0.05, 0) is 31.0 Å². The first kappa shape index (κ1) is 15.3. The fraction of sp³-hybridized carbons (Fsp3) is 0.375. The normalized spacial score (nSPS) is 10.4. The lowest BCUT2D eigenvalue weighted by Crippen LogP contribution is -2.09. The zero-order valence-electron chi connectivity index (χ0n) is 12.7. The third-order valence-corrected chi connectivity index (χ3v) is 2.99. The molecule has 21 heavy (non-hydrogen) atoms. The van der Waals surface area contributed by atoms with E-state index < -0.39 is 0 Å². The first-order chi connectivity index (χ1) is 10.2. The summed E-state index contributed by atoms with van der Waals surface area (Å²) < 4.78 is 10.8. The van der Waals surface area contributed by atoms with Crippen molar-refractivity contribution in [1.82, 2.24) is 9.97 Å². The van der Waals surface area contributed by atoms with E-state index in [4.69, 9.17) is 9.47 Å². The minimum absolute atomic E-state index is 0.536. The topological polar surface area (TPSA) is 56.3 Å². The van der Waals surface area contributed by atoms with Gasteiger partial charge in [-0.25, -0.2) is 9.97 Å². The highest BCUT2D eigenvalue weighted by Crippen LogP contribution is 2.21. The summed E-state index contributed by atoms with van der Waals surface area (Å²) in [7, 11) is 1.66. The van der Waals surface area contributed by atoms with Gasteiger partial charge in [0.05, 0.1) is 6.61 Å². The van der Waals surface area contributed by atoms with Crippen molar-refractivity contribution in [3.8, 4) is 5.75 Å². The number of methoxy groups -OCH3 is 1. The lowest BCUT2D eigenvalue weighted by Gasteiger charge is -2.13. The summed E-state index contributed by atoms with van der Waals surface area (Å²) in [4.78, 5) is 8.47. The number of hydrogen-bond acceptors (Lipinski definition) is 5. The van der Waals surface area contributed by atoms with E-state index >= 15 is 0 Å². The smallest absolute Gasteiger partial charge is 0.222 e. The number of aromatic nitrogens is 2. The Morgan fingerprint density at radius 2 is 1.81 bits per heavy atom. The molecule has 0 aliphatic heterocycles. The zero-order valence-corrected chi connectivity index (χ0v) is 12.7. The molecule has 1 heterocycles. The highest BCUT2D eigenvalue weighted by molar-refractivity contribution is 5.39. The number of benzene rings is 1. The molecule has 0 saturated heterocycles. The molecule has 1 N–H and O–H groups in total. The standard InChI is InChI=1S/C16H21N3O2/c1-12-4-5-14(15(8-12)21-7-6-20-3)11-19-16-17-9-13(2)10-18-16/h4-5,8-10H,6-7,11H2,1-3H3,(H,17,18,19). The van der Waals surface area contributed by atoms with Crippen molar-refractivity contribution < 1.29 is 9.47 Å². The van der Waals surface area contributed by atoms with Gasteiger partial charge in [0.15, 0.2) is 0 Å². The molecule has 1 aromatic carbocycles. The van der Waals surface area contributed by atoms with Gasteiger partial charge in [0.25, 0.3) is 0 Å². The van der Waals surface area contributed by atoms with E-state index in [1.54, 1.807) is 19.5 Å². The van der Waals surface area contributed by atoms with E-state index in [1.165, 1.54) is 0 Å². The maximum Gasteiger partial charge on any atom is 0.222 e. The Morgan fingerprint density at radius 1 is 1.05 bits per heavy atom. The number of nitrogens with one attached hydrogen (secondary N) is 1. The lowest BCUT2D eigenvalue weighted by atomic mass is 10.1. The molecule has 0 aliphatic rings. The molecule has 0 aliphatic carbocycles. The lowest BCUT2D eigenvalue weighted by molar-refractivity contribution is 0.146. The quantitative estimate of drug-likeness (QED) is 0.794. The Hall–Kier alpha value is -2.14. The third-order valence-electron chi connectivity index (χ3n) is 2.99. The summed E-state index contributed by atoms with van der Waals surface area (Å²) in [5.41, 5.74) is 3.28. The number of hydrogen-bond donors (Lipinski definition) is 1. The van der Waals surface area contributed by atoms with Crippen molar-refractivity contribution in [2.75, 3.05) is 25.6 Å². The molecule has 0 amide bonds. The van der Waals surface area contributed by atoms with Crippen LogP contribution >= 0.6 is 0 Å². The maximum atomic E-state index is 5.76. The van der Waals surface area contributed by atoms with Crippen LogP contribution in [0.5, 0.6) is 5.75 Å². The van der Waals surface area contributed by atoms with Gasteiger partial charge in [-0.15, -0.1) is 0 Å². The van der Waals surface area contributed by atoms with Crippen molar-refractivity contribution >= 4 is 5.95 Å². The predicted molar refractivity (Wildman–Crippen MR) is 82.6 cm³/mol. The molecule has 0 atom stereocenters. The molecule has 0 fully saturated rings. The zero-order chi connectivity index (χ0) is 15.1. The minimum atomic E-state index is 0.536. The summed E-state index contributed by atoms with van der Waals surface area (Å²) >= 11 is 0. The number of aryl methyl sites for hydroxylation is 2. The fourth-order valence-electron chi connectivity index (χ4n) is 1.84. The molecule has 0 spiro atoms. The van der Waals surface area contributed by atoms with Gasteiger partial charge in [0.1, 0.15) is 12.4 Å². The molecule has 5 heteroatoms. The van der Waals surface area contributed by atoms with Gasteiger partial charge in [-0.2, -0.15) is 0 Å². The molecular weight excluding hydrogens is 266 g/mol. The monoisotopic (exact) mass is 287 g/mol. The van der Waals surface area contributed by atoms with Crippen LogP contribution in [0.15, 0.2) is 30.6 Å². The molecule has 0 unspecified atom stereocenters. The van der Waals surface area contributed by atoms with Crippen LogP contribution in [0.3, 0.4) is 0 Å². The molecule has 112 valence electrons. The second-order valence-electron chi connectivity index (χ2n) is 4.89. The largest absolute Gasteiger partial charge is 0.491 e. The van der Waals surface area contributed by atoms with Crippen molar-refractivity contribution in [2.24, 2.45) is 0 Å². The second kappa shape index (κ2) is 7.59. The van der Waals surface area contributed by atoms with E-state index in [1.807, 2.05) is 19.9 Å². The summed E-state index contributed by atoms with van der Waals surface area (Å²) in [5.74, 6) is 1.48. The number of nitrogens with zero attached hydrogens (tertiary/aromatic N) is 2. The Labute approximate surface area is 125 Å². The van der Waals surface area contributed by atoms with E-state index in [0.29, 0.717) is 25.7 Å².